The van der Waals surface area contributed by atoms with Crippen LogP contribution in [0.1, 0.15) is 12.5 Å². The van der Waals surface area contributed by atoms with E-state index < -0.39 is 0 Å². The Balaban J connectivity index is 1.52. The van der Waals surface area contributed by atoms with E-state index in [2.05, 4.69) is 56.5 Å². The molecule has 0 aliphatic heterocycles. The maximum atomic E-state index is 5.49. The summed E-state index contributed by atoms with van der Waals surface area (Å²) in [6.07, 6.45) is 1.49. The fourth-order valence-corrected chi connectivity index (χ4v) is 3.47. The van der Waals surface area contributed by atoms with E-state index in [1.807, 2.05) is 30.3 Å². The van der Waals surface area contributed by atoms with Gasteiger partial charge in [-0.3, -0.25) is 4.90 Å². The first kappa shape index (κ1) is 19.8. The van der Waals surface area contributed by atoms with E-state index in [0.717, 1.165) is 42.9 Å². The summed E-state index contributed by atoms with van der Waals surface area (Å²) in [7, 11) is 1.64. The van der Waals surface area contributed by atoms with E-state index in [1.165, 1.54) is 11.9 Å². The number of likely N-dealkylation sites (N-methyl/N-ethyl adjacent to an activating group) is 1. The number of methoxy groups -OCH3 is 1. The Morgan fingerprint density at radius 2 is 1.83 bits per heavy atom. The summed E-state index contributed by atoms with van der Waals surface area (Å²) in [6, 6.07) is 18.2. The molecule has 4 aromatic rings. The van der Waals surface area contributed by atoms with Crippen molar-refractivity contribution in [2.24, 2.45) is 0 Å². The summed E-state index contributed by atoms with van der Waals surface area (Å²) in [5.41, 5.74) is 3.27. The van der Waals surface area contributed by atoms with Crippen molar-refractivity contribution in [1.82, 2.24) is 20.0 Å². The van der Waals surface area contributed by atoms with Crippen molar-refractivity contribution in [2.75, 3.05) is 32.1 Å². The first-order valence-electron chi connectivity index (χ1n) is 10.0. The van der Waals surface area contributed by atoms with Gasteiger partial charge in [0, 0.05) is 25.2 Å². The largest absolute Gasteiger partial charge is 0.496 e. The van der Waals surface area contributed by atoms with Gasteiger partial charge < -0.3 is 14.6 Å². The van der Waals surface area contributed by atoms with E-state index in [0.29, 0.717) is 17.2 Å². The van der Waals surface area contributed by atoms with Gasteiger partial charge in [0.15, 0.2) is 0 Å². The van der Waals surface area contributed by atoms with Crippen molar-refractivity contribution in [3.8, 4) is 17.0 Å². The second-order valence-corrected chi connectivity index (χ2v) is 6.92. The predicted octanol–water partition coefficient (Wildman–Crippen LogP) is 4.23. The van der Waals surface area contributed by atoms with Crippen LogP contribution in [0.4, 0.5) is 5.82 Å². The number of hydrogen-bond donors (Lipinski definition) is 1. The Morgan fingerprint density at radius 1 is 1.03 bits per heavy atom. The fraction of sp³-hybridized carbons (Fsp3) is 0.261. The lowest BCUT2D eigenvalue weighted by molar-refractivity contribution is 0.291. The van der Waals surface area contributed by atoms with E-state index >= 15 is 0 Å². The number of ether oxygens (including phenoxy) is 1. The molecule has 2 aromatic carbocycles. The molecular formula is C23H25N5O2. The molecule has 0 fully saturated rings. The summed E-state index contributed by atoms with van der Waals surface area (Å²) in [5.74, 6) is 1.43. The van der Waals surface area contributed by atoms with Crippen LogP contribution in [0.3, 0.4) is 0 Å². The SMILES string of the molecule is CCN(CCNc1ncnc2onc(-c3ccccc3OC)c12)Cc1ccccc1. The van der Waals surface area contributed by atoms with Crippen LogP contribution in [0.25, 0.3) is 22.4 Å². The second kappa shape index (κ2) is 9.37. The average molecular weight is 403 g/mol. The standard InChI is InChI=1S/C23H25N5O2/c1-3-28(15-17-9-5-4-6-10-17)14-13-24-22-20-21(27-30-23(20)26-16-25-22)18-11-7-8-12-19(18)29-2/h4-12,16H,3,13-15H2,1-2H3,(H,24,25,26). The third-order valence-corrected chi connectivity index (χ3v) is 5.05. The van der Waals surface area contributed by atoms with Crippen LogP contribution in [0.15, 0.2) is 65.4 Å². The van der Waals surface area contributed by atoms with Crippen LogP contribution in [0, 0.1) is 0 Å². The van der Waals surface area contributed by atoms with E-state index in [9.17, 15) is 0 Å². The molecule has 0 saturated carbocycles. The van der Waals surface area contributed by atoms with Gasteiger partial charge in [0.05, 0.1) is 7.11 Å². The topological polar surface area (TPSA) is 76.3 Å². The summed E-state index contributed by atoms with van der Waals surface area (Å²) >= 11 is 0. The van der Waals surface area contributed by atoms with Gasteiger partial charge in [-0.15, -0.1) is 0 Å². The minimum atomic E-state index is 0.449. The average Bonchev–Trinajstić information content (AvgIpc) is 3.24. The highest BCUT2D eigenvalue weighted by Crippen LogP contribution is 2.36. The highest BCUT2D eigenvalue weighted by atomic mass is 16.5. The number of nitrogens with one attached hydrogen (secondary N) is 1. The van der Waals surface area contributed by atoms with Gasteiger partial charge in [0.25, 0.3) is 5.71 Å². The maximum absolute atomic E-state index is 5.49. The fourth-order valence-electron chi connectivity index (χ4n) is 3.47. The molecule has 2 aromatic heterocycles. The number of anilines is 1. The molecule has 1 N–H and O–H groups in total. The van der Waals surface area contributed by atoms with E-state index in [1.54, 1.807) is 7.11 Å². The Bertz CT molecular complexity index is 1100. The van der Waals surface area contributed by atoms with Crippen LogP contribution in [0.2, 0.25) is 0 Å². The third kappa shape index (κ3) is 4.26. The number of fused-ring (bicyclic) bond motifs is 1. The zero-order chi connectivity index (χ0) is 20.8. The summed E-state index contributed by atoms with van der Waals surface area (Å²) in [5, 5.41) is 8.44. The van der Waals surface area contributed by atoms with Gasteiger partial charge in [-0.2, -0.15) is 4.98 Å². The third-order valence-electron chi connectivity index (χ3n) is 5.05. The number of aromatic nitrogens is 3. The molecule has 0 spiro atoms. The van der Waals surface area contributed by atoms with Crippen molar-refractivity contribution in [3.63, 3.8) is 0 Å². The molecule has 0 unspecified atom stereocenters. The van der Waals surface area contributed by atoms with Crippen molar-refractivity contribution >= 4 is 16.9 Å². The molecule has 0 saturated heterocycles. The van der Waals surface area contributed by atoms with Crippen LogP contribution in [-0.2, 0) is 6.54 Å². The molecule has 0 aliphatic rings. The maximum Gasteiger partial charge on any atom is 0.263 e. The van der Waals surface area contributed by atoms with Crippen LogP contribution in [0.5, 0.6) is 5.75 Å². The molecule has 0 radical (unpaired) electrons. The van der Waals surface area contributed by atoms with E-state index in [-0.39, 0.29) is 0 Å². The second-order valence-electron chi connectivity index (χ2n) is 6.92. The van der Waals surface area contributed by atoms with Gasteiger partial charge >= 0.3 is 0 Å². The van der Waals surface area contributed by atoms with Gasteiger partial charge in [-0.25, -0.2) is 4.98 Å². The summed E-state index contributed by atoms with van der Waals surface area (Å²) < 4.78 is 11.0. The minimum absolute atomic E-state index is 0.449. The number of hydrogen-bond acceptors (Lipinski definition) is 7. The van der Waals surface area contributed by atoms with Crippen molar-refractivity contribution in [2.45, 2.75) is 13.5 Å². The predicted molar refractivity (Wildman–Crippen MR) is 117 cm³/mol. The lowest BCUT2D eigenvalue weighted by atomic mass is 10.1. The smallest absolute Gasteiger partial charge is 0.263 e. The first-order chi connectivity index (χ1) is 14.8. The molecule has 7 heteroatoms. The Morgan fingerprint density at radius 3 is 2.63 bits per heavy atom. The van der Waals surface area contributed by atoms with Crippen molar-refractivity contribution in [3.05, 3.63) is 66.5 Å². The molecule has 154 valence electrons. The molecule has 0 aliphatic carbocycles. The first-order valence-corrected chi connectivity index (χ1v) is 10.0. The summed E-state index contributed by atoms with van der Waals surface area (Å²) in [4.78, 5) is 11.1. The number of nitrogens with zero attached hydrogens (tertiary/aromatic N) is 4. The van der Waals surface area contributed by atoms with Crippen molar-refractivity contribution in [1.29, 1.82) is 0 Å². The van der Waals surface area contributed by atoms with E-state index in [4.69, 9.17) is 9.26 Å². The molecular weight excluding hydrogens is 378 g/mol. The quantitative estimate of drug-likeness (QED) is 0.448. The minimum Gasteiger partial charge on any atom is -0.496 e. The number of para-hydroxylation sites is 1. The Labute approximate surface area is 175 Å². The van der Waals surface area contributed by atoms with Gasteiger partial charge in [-0.05, 0) is 24.2 Å². The summed E-state index contributed by atoms with van der Waals surface area (Å²) in [6.45, 7) is 5.68. The number of rotatable bonds is 9. The van der Waals surface area contributed by atoms with Gasteiger partial charge in [0.2, 0.25) is 0 Å². The number of benzene rings is 2. The molecule has 0 amide bonds. The monoisotopic (exact) mass is 403 g/mol. The van der Waals surface area contributed by atoms with Crippen molar-refractivity contribution < 1.29 is 9.26 Å². The molecule has 0 atom stereocenters. The van der Waals surface area contributed by atoms with Crippen LogP contribution < -0.4 is 10.1 Å². The molecule has 0 bridgehead atoms. The lowest BCUT2D eigenvalue weighted by Crippen LogP contribution is -2.28. The molecule has 7 nitrogen and oxygen atoms in total. The lowest BCUT2D eigenvalue weighted by Gasteiger charge is -2.21. The highest BCUT2D eigenvalue weighted by Gasteiger charge is 2.19. The van der Waals surface area contributed by atoms with Crippen LogP contribution >= 0.6 is 0 Å². The van der Waals surface area contributed by atoms with Gasteiger partial charge in [-0.1, -0.05) is 54.5 Å². The Hall–Kier alpha value is -3.45. The zero-order valence-corrected chi connectivity index (χ0v) is 17.2. The van der Waals surface area contributed by atoms with Crippen LogP contribution in [-0.4, -0.2) is 46.8 Å². The Kier molecular flexibility index (Phi) is 6.20. The zero-order valence-electron chi connectivity index (χ0n) is 17.2. The molecule has 2 heterocycles. The molecule has 4 rings (SSSR count). The highest BCUT2D eigenvalue weighted by molar-refractivity contribution is 5.98. The molecule has 30 heavy (non-hydrogen) atoms. The van der Waals surface area contributed by atoms with Gasteiger partial charge in [0.1, 0.15) is 29.0 Å². The normalized spacial score (nSPS) is 11.2.